The van der Waals surface area contributed by atoms with E-state index >= 15 is 0 Å². The van der Waals surface area contributed by atoms with Crippen molar-refractivity contribution in [3.63, 3.8) is 0 Å². The standard InChI is InChI=1S/C52H36N2/c1-3-15-39(16-4-1)47-33-30-43(42-27-26-37-14-7-8-17-40(37)34-42)36-52(47)53(44-19-5-2-6-20-44)45-31-28-38(29-32-45)41-18-13-21-46(35-41)54-50-24-11-9-22-48(50)49-23-10-12-25-51(49)54/h1-36H. The second kappa shape index (κ2) is 13.4. The van der Waals surface area contributed by atoms with E-state index < -0.39 is 0 Å². The number of benzene rings is 9. The van der Waals surface area contributed by atoms with Crippen LogP contribution >= 0.6 is 0 Å². The third kappa shape index (κ3) is 5.62. The van der Waals surface area contributed by atoms with Crippen molar-refractivity contribution < 1.29 is 0 Å². The Bertz CT molecular complexity index is 2870. The van der Waals surface area contributed by atoms with Crippen LogP contribution in [0.15, 0.2) is 218 Å². The lowest BCUT2D eigenvalue weighted by Crippen LogP contribution is -2.11. The summed E-state index contributed by atoms with van der Waals surface area (Å²) in [5.41, 5.74) is 14.0. The van der Waals surface area contributed by atoms with E-state index in [9.17, 15) is 0 Å². The van der Waals surface area contributed by atoms with Gasteiger partial charge in [-0.05, 0) is 99.3 Å². The maximum atomic E-state index is 2.39. The predicted molar refractivity (Wildman–Crippen MR) is 229 cm³/mol. The van der Waals surface area contributed by atoms with Crippen LogP contribution in [0.3, 0.4) is 0 Å². The van der Waals surface area contributed by atoms with Gasteiger partial charge in [-0.2, -0.15) is 0 Å². The van der Waals surface area contributed by atoms with Crippen LogP contribution in [0.4, 0.5) is 17.1 Å². The molecular formula is C52H36N2. The van der Waals surface area contributed by atoms with Gasteiger partial charge in [0.05, 0.1) is 16.7 Å². The van der Waals surface area contributed by atoms with Crippen molar-refractivity contribution in [3.8, 4) is 39.1 Å². The molecule has 0 saturated carbocycles. The van der Waals surface area contributed by atoms with E-state index in [4.69, 9.17) is 0 Å². The first-order valence-corrected chi connectivity index (χ1v) is 18.5. The Kier molecular flexibility index (Phi) is 7.85. The first kappa shape index (κ1) is 31.6. The Morgan fingerprint density at radius 3 is 1.59 bits per heavy atom. The number of para-hydroxylation sites is 3. The summed E-state index contributed by atoms with van der Waals surface area (Å²) in [6.45, 7) is 0. The zero-order chi connectivity index (χ0) is 35.8. The van der Waals surface area contributed by atoms with Gasteiger partial charge in [0, 0.05) is 33.4 Å². The monoisotopic (exact) mass is 688 g/mol. The molecule has 0 aliphatic carbocycles. The SMILES string of the molecule is c1ccc(-c2ccc(-c3ccc4ccccc4c3)cc2N(c2ccccc2)c2ccc(-c3cccc(-n4c5ccccc5c5ccccc54)c3)cc2)cc1. The van der Waals surface area contributed by atoms with Crippen molar-refractivity contribution in [1.29, 1.82) is 0 Å². The number of hydrogen-bond acceptors (Lipinski definition) is 1. The van der Waals surface area contributed by atoms with Gasteiger partial charge in [0.15, 0.2) is 0 Å². The largest absolute Gasteiger partial charge is 0.310 e. The number of rotatable bonds is 7. The average Bonchev–Trinajstić information content (AvgIpc) is 3.59. The molecule has 0 spiro atoms. The molecule has 0 radical (unpaired) electrons. The maximum Gasteiger partial charge on any atom is 0.0546 e. The Labute approximate surface area is 315 Å². The van der Waals surface area contributed by atoms with Crippen molar-refractivity contribution in [2.24, 2.45) is 0 Å². The summed E-state index contributed by atoms with van der Waals surface area (Å²) in [5, 5.41) is 5.02. The first-order valence-electron chi connectivity index (χ1n) is 18.5. The van der Waals surface area contributed by atoms with Crippen LogP contribution in [-0.2, 0) is 0 Å². The minimum absolute atomic E-state index is 1.09. The molecule has 1 aromatic heterocycles. The van der Waals surface area contributed by atoms with Gasteiger partial charge in [-0.15, -0.1) is 0 Å². The molecule has 254 valence electrons. The van der Waals surface area contributed by atoms with Gasteiger partial charge < -0.3 is 9.47 Å². The maximum absolute atomic E-state index is 2.39. The van der Waals surface area contributed by atoms with Crippen LogP contribution < -0.4 is 4.90 Å². The molecule has 0 unspecified atom stereocenters. The fraction of sp³-hybridized carbons (Fsp3) is 0. The molecule has 1 heterocycles. The van der Waals surface area contributed by atoms with E-state index in [1.165, 1.54) is 66.0 Å². The van der Waals surface area contributed by atoms with E-state index in [0.29, 0.717) is 0 Å². The molecule has 0 bridgehead atoms. The van der Waals surface area contributed by atoms with E-state index in [1.54, 1.807) is 0 Å². The highest BCUT2D eigenvalue weighted by atomic mass is 15.1. The molecule has 10 aromatic rings. The number of aromatic nitrogens is 1. The summed E-state index contributed by atoms with van der Waals surface area (Å²) in [6, 6.07) is 78.9. The van der Waals surface area contributed by atoms with Gasteiger partial charge in [-0.25, -0.2) is 0 Å². The molecular weight excluding hydrogens is 653 g/mol. The molecule has 0 aliphatic heterocycles. The van der Waals surface area contributed by atoms with Gasteiger partial charge in [-0.3, -0.25) is 0 Å². The minimum atomic E-state index is 1.09. The zero-order valence-electron chi connectivity index (χ0n) is 29.7. The number of nitrogens with zero attached hydrogens (tertiary/aromatic N) is 2. The molecule has 2 nitrogen and oxygen atoms in total. The van der Waals surface area contributed by atoms with Crippen LogP contribution in [0.2, 0.25) is 0 Å². The normalized spacial score (nSPS) is 11.3. The summed E-state index contributed by atoms with van der Waals surface area (Å²) in [6.07, 6.45) is 0. The highest BCUT2D eigenvalue weighted by Crippen LogP contribution is 2.43. The van der Waals surface area contributed by atoms with Gasteiger partial charge in [0.25, 0.3) is 0 Å². The molecule has 54 heavy (non-hydrogen) atoms. The molecule has 0 amide bonds. The fourth-order valence-corrected chi connectivity index (χ4v) is 7.96. The predicted octanol–water partition coefficient (Wildman–Crippen LogP) is 14.4. The Morgan fingerprint density at radius 2 is 0.852 bits per heavy atom. The van der Waals surface area contributed by atoms with E-state index in [0.717, 1.165) is 22.7 Å². The van der Waals surface area contributed by atoms with Crippen LogP contribution in [-0.4, -0.2) is 4.57 Å². The van der Waals surface area contributed by atoms with Gasteiger partial charge in [0.1, 0.15) is 0 Å². The summed E-state index contributed by atoms with van der Waals surface area (Å²) < 4.78 is 2.38. The molecule has 0 fully saturated rings. The van der Waals surface area contributed by atoms with Crippen molar-refractivity contribution in [2.45, 2.75) is 0 Å². The van der Waals surface area contributed by atoms with Crippen LogP contribution in [0.1, 0.15) is 0 Å². The second-order valence-corrected chi connectivity index (χ2v) is 13.8. The number of fused-ring (bicyclic) bond motifs is 4. The zero-order valence-corrected chi connectivity index (χ0v) is 29.7. The molecule has 2 heteroatoms. The lowest BCUT2D eigenvalue weighted by molar-refractivity contribution is 1.18. The van der Waals surface area contributed by atoms with Crippen molar-refractivity contribution in [3.05, 3.63) is 218 Å². The van der Waals surface area contributed by atoms with E-state index in [1.807, 2.05) is 0 Å². The minimum Gasteiger partial charge on any atom is -0.310 e. The van der Waals surface area contributed by atoms with Crippen LogP contribution in [0, 0.1) is 0 Å². The highest BCUT2D eigenvalue weighted by Gasteiger charge is 2.19. The van der Waals surface area contributed by atoms with Gasteiger partial charge in [0.2, 0.25) is 0 Å². The van der Waals surface area contributed by atoms with Crippen LogP contribution in [0.25, 0.3) is 71.6 Å². The van der Waals surface area contributed by atoms with E-state index in [2.05, 4.69) is 228 Å². The third-order valence-corrected chi connectivity index (χ3v) is 10.6. The Hall–Kier alpha value is -7.16. The molecule has 0 N–H and O–H groups in total. The third-order valence-electron chi connectivity index (χ3n) is 10.6. The summed E-state index contributed by atoms with van der Waals surface area (Å²) in [4.78, 5) is 2.39. The summed E-state index contributed by atoms with van der Waals surface area (Å²) in [5.74, 6) is 0. The lowest BCUT2D eigenvalue weighted by Gasteiger charge is -2.29. The second-order valence-electron chi connectivity index (χ2n) is 13.8. The Morgan fingerprint density at radius 1 is 0.315 bits per heavy atom. The fourth-order valence-electron chi connectivity index (χ4n) is 7.96. The van der Waals surface area contributed by atoms with Gasteiger partial charge in [-0.1, -0.05) is 158 Å². The Balaban J connectivity index is 1.09. The molecule has 0 saturated heterocycles. The molecule has 9 aromatic carbocycles. The van der Waals surface area contributed by atoms with Crippen LogP contribution in [0.5, 0.6) is 0 Å². The molecule has 10 rings (SSSR count). The van der Waals surface area contributed by atoms with Crippen molar-refractivity contribution in [1.82, 2.24) is 4.57 Å². The lowest BCUT2D eigenvalue weighted by atomic mass is 9.95. The van der Waals surface area contributed by atoms with Crippen molar-refractivity contribution in [2.75, 3.05) is 4.90 Å². The van der Waals surface area contributed by atoms with E-state index in [-0.39, 0.29) is 0 Å². The average molecular weight is 689 g/mol. The number of hydrogen-bond donors (Lipinski definition) is 0. The molecule has 0 atom stereocenters. The molecule has 0 aliphatic rings. The quantitative estimate of drug-likeness (QED) is 0.162. The number of anilines is 3. The summed E-state index contributed by atoms with van der Waals surface area (Å²) in [7, 11) is 0. The smallest absolute Gasteiger partial charge is 0.0546 e. The van der Waals surface area contributed by atoms with Gasteiger partial charge >= 0.3 is 0 Å². The topological polar surface area (TPSA) is 8.17 Å². The first-order chi connectivity index (χ1) is 26.8. The van der Waals surface area contributed by atoms with Crippen molar-refractivity contribution >= 4 is 49.6 Å². The highest BCUT2D eigenvalue weighted by molar-refractivity contribution is 6.09. The summed E-state index contributed by atoms with van der Waals surface area (Å²) >= 11 is 0.